The molecule has 1 aliphatic rings. The molecule has 0 radical (unpaired) electrons. The highest BCUT2D eigenvalue weighted by Crippen LogP contribution is 2.47. The molecule has 1 aromatic carbocycles. The molecule has 33 heavy (non-hydrogen) atoms. The number of benzene rings is 1. The van der Waals surface area contributed by atoms with Crippen LogP contribution in [0.4, 0.5) is 0 Å². The number of halogens is 2. The molecular formula is C21H18Cl2N8O2. The zero-order valence-electron chi connectivity index (χ0n) is 17.3. The standard InChI is InChI=1S/C21H18Cl2N8O2/c22-14-7-16(33-6-2-24)19-18(13-8-26-27-9-13)15-10-29(4-5-31(15)21(19)20(14)23)17(32)1-3-30-12-25-11-28-30/h7-9,11-12H,1,3-6,10H2,(H,26,27). The van der Waals surface area contributed by atoms with E-state index in [2.05, 4.69) is 24.8 Å². The fraction of sp³-hybridized carbons (Fsp3) is 0.286. The average molecular weight is 485 g/mol. The Kier molecular flexibility index (Phi) is 5.66. The molecule has 4 heterocycles. The van der Waals surface area contributed by atoms with Crippen LogP contribution in [0.3, 0.4) is 0 Å². The second kappa shape index (κ2) is 8.77. The lowest BCUT2D eigenvalue weighted by Gasteiger charge is -2.30. The second-order valence-electron chi connectivity index (χ2n) is 7.53. The molecular weight excluding hydrogens is 467 g/mol. The lowest BCUT2D eigenvalue weighted by molar-refractivity contribution is -0.132. The van der Waals surface area contributed by atoms with Crippen LogP contribution in [0.25, 0.3) is 22.0 Å². The molecule has 168 valence electrons. The minimum Gasteiger partial charge on any atom is -0.478 e. The van der Waals surface area contributed by atoms with Crippen LogP contribution in [0.5, 0.6) is 5.75 Å². The minimum absolute atomic E-state index is 0.0187. The third-order valence-corrected chi connectivity index (χ3v) is 6.46. The van der Waals surface area contributed by atoms with Crippen LogP contribution in [0.2, 0.25) is 10.0 Å². The number of hydrogen-bond acceptors (Lipinski definition) is 6. The van der Waals surface area contributed by atoms with Crippen molar-refractivity contribution >= 4 is 40.0 Å². The molecule has 0 fully saturated rings. The van der Waals surface area contributed by atoms with E-state index < -0.39 is 0 Å². The fourth-order valence-electron chi connectivity index (χ4n) is 4.24. The number of aromatic amines is 1. The Hall–Kier alpha value is -3.55. The van der Waals surface area contributed by atoms with Crippen LogP contribution in [0.15, 0.2) is 31.1 Å². The Morgan fingerprint density at radius 3 is 2.94 bits per heavy atom. The predicted octanol–water partition coefficient (Wildman–Crippen LogP) is 3.26. The summed E-state index contributed by atoms with van der Waals surface area (Å²) in [6.07, 6.45) is 6.83. The molecule has 0 aliphatic carbocycles. The molecule has 1 N–H and O–H groups in total. The second-order valence-corrected chi connectivity index (χ2v) is 8.31. The fourth-order valence-corrected chi connectivity index (χ4v) is 4.68. The Balaban J connectivity index is 1.59. The number of amides is 1. The number of aromatic nitrogens is 6. The van der Waals surface area contributed by atoms with Crippen molar-refractivity contribution in [2.24, 2.45) is 0 Å². The van der Waals surface area contributed by atoms with Gasteiger partial charge in [-0.25, -0.2) is 4.98 Å². The van der Waals surface area contributed by atoms with Crippen molar-refractivity contribution in [2.45, 2.75) is 26.1 Å². The SMILES string of the molecule is N#CCOc1cc(Cl)c(Cl)c2c1c(-c1cn[nH]c1)c1n2CCN(C(=O)CCn2cncn2)C1. The van der Waals surface area contributed by atoms with Crippen LogP contribution in [-0.2, 0) is 24.4 Å². The summed E-state index contributed by atoms with van der Waals surface area (Å²) in [7, 11) is 0. The number of ether oxygens (including phenoxy) is 1. The molecule has 0 bridgehead atoms. The number of fused-ring (bicyclic) bond motifs is 3. The first-order chi connectivity index (χ1) is 16.1. The molecule has 0 saturated carbocycles. The summed E-state index contributed by atoms with van der Waals surface area (Å²) in [5.41, 5.74) is 3.29. The van der Waals surface area contributed by atoms with Crippen LogP contribution in [0.1, 0.15) is 12.1 Å². The first kappa shape index (κ1) is 21.3. The molecule has 5 rings (SSSR count). The van der Waals surface area contributed by atoms with Gasteiger partial charge in [-0.3, -0.25) is 14.6 Å². The lowest BCUT2D eigenvalue weighted by atomic mass is 10.0. The number of nitriles is 1. The zero-order chi connectivity index (χ0) is 22.9. The summed E-state index contributed by atoms with van der Waals surface area (Å²) in [5.74, 6) is 0.480. The number of H-pyrrole nitrogens is 1. The van der Waals surface area contributed by atoms with Gasteiger partial charge in [-0.05, 0) is 0 Å². The van der Waals surface area contributed by atoms with Crippen LogP contribution < -0.4 is 4.74 Å². The van der Waals surface area contributed by atoms with Gasteiger partial charge in [0, 0.05) is 48.6 Å². The molecule has 3 aromatic heterocycles. The number of nitrogens with one attached hydrogen (secondary N) is 1. The smallest absolute Gasteiger partial charge is 0.224 e. The number of rotatable bonds is 6. The van der Waals surface area contributed by atoms with Crippen molar-refractivity contribution in [3.63, 3.8) is 0 Å². The first-order valence-corrected chi connectivity index (χ1v) is 11.0. The highest BCUT2D eigenvalue weighted by atomic mass is 35.5. The molecule has 10 nitrogen and oxygen atoms in total. The van der Waals surface area contributed by atoms with Gasteiger partial charge in [0.1, 0.15) is 24.5 Å². The van der Waals surface area contributed by atoms with E-state index in [4.69, 9.17) is 33.2 Å². The largest absolute Gasteiger partial charge is 0.478 e. The van der Waals surface area contributed by atoms with Gasteiger partial charge in [0.25, 0.3) is 0 Å². The first-order valence-electron chi connectivity index (χ1n) is 10.2. The third-order valence-electron chi connectivity index (χ3n) is 5.68. The van der Waals surface area contributed by atoms with E-state index in [0.717, 1.165) is 27.7 Å². The summed E-state index contributed by atoms with van der Waals surface area (Å²) < 4.78 is 9.44. The number of nitrogens with zero attached hydrogens (tertiary/aromatic N) is 7. The van der Waals surface area contributed by atoms with Gasteiger partial charge in [0.2, 0.25) is 5.91 Å². The van der Waals surface area contributed by atoms with Crippen LogP contribution in [-0.4, -0.2) is 53.5 Å². The maximum atomic E-state index is 13.0. The molecule has 12 heteroatoms. The summed E-state index contributed by atoms with van der Waals surface area (Å²) in [6.45, 7) is 1.77. The molecule has 1 aliphatic heterocycles. The molecule has 0 spiro atoms. The van der Waals surface area contributed by atoms with E-state index in [1.807, 2.05) is 11.0 Å². The highest BCUT2D eigenvalue weighted by Gasteiger charge is 2.30. The molecule has 0 saturated heterocycles. The summed E-state index contributed by atoms with van der Waals surface area (Å²) in [4.78, 5) is 18.7. The molecule has 4 aromatic rings. The van der Waals surface area contributed by atoms with E-state index in [1.54, 1.807) is 29.5 Å². The van der Waals surface area contributed by atoms with Crippen molar-refractivity contribution in [3.05, 3.63) is 46.9 Å². The van der Waals surface area contributed by atoms with Crippen LogP contribution in [0, 0.1) is 11.3 Å². The number of carbonyl (C=O) groups excluding carboxylic acids is 1. The summed E-state index contributed by atoms with van der Waals surface area (Å²) in [5, 5.41) is 21.5. The van der Waals surface area contributed by atoms with Crippen molar-refractivity contribution in [3.8, 4) is 22.9 Å². The number of carbonyl (C=O) groups is 1. The van der Waals surface area contributed by atoms with E-state index in [0.29, 0.717) is 48.4 Å². The topological polar surface area (TPSA) is 118 Å². The maximum absolute atomic E-state index is 13.0. The van der Waals surface area contributed by atoms with E-state index in [-0.39, 0.29) is 12.5 Å². The normalized spacial score (nSPS) is 13.2. The zero-order valence-corrected chi connectivity index (χ0v) is 18.8. The molecule has 0 atom stereocenters. The van der Waals surface area contributed by atoms with Gasteiger partial charge in [0.15, 0.2) is 6.61 Å². The van der Waals surface area contributed by atoms with Gasteiger partial charge < -0.3 is 14.2 Å². The Bertz CT molecular complexity index is 1360. The molecule has 0 unspecified atom stereocenters. The number of aryl methyl sites for hydroxylation is 1. The van der Waals surface area contributed by atoms with Gasteiger partial charge in [-0.15, -0.1) is 0 Å². The maximum Gasteiger partial charge on any atom is 0.224 e. The average Bonchev–Trinajstić information content (AvgIpc) is 3.58. The Morgan fingerprint density at radius 1 is 1.33 bits per heavy atom. The van der Waals surface area contributed by atoms with Crippen LogP contribution >= 0.6 is 23.2 Å². The molecule has 1 amide bonds. The van der Waals surface area contributed by atoms with Gasteiger partial charge >= 0.3 is 0 Å². The van der Waals surface area contributed by atoms with Crippen molar-refractivity contribution < 1.29 is 9.53 Å². The van der Waals surface area contributed by atoms with E-state index in [1.165, 1.54) is 6.33 Å². The van der Waals surface area contributed by atoms with Gasteiger partial charge in [-0.2, -0.15) is 15.5 Å². The Labute approximate surface area is 198 Å². The van der Waals surface area contributed by atoms with E-state index in [9.17, 15) is 4.79 Å². The van der Waals surface area contributed by atoms with Crippen molar-refractivity contribution in [1.29, 1.82) is 5.26 Å². The third kappa shape index (κ3) is 3.79. The highest BCUT2D eigenvalue weighted by molar-refractivity contribution is 6.45. The summed E-state index contributed by atoms with van der Waals surface area (Å²) in [6, 6.07) is 3.62. The monoisotopic (exact) mass is 484 g/mol. The Morgan fingerprint density at radius 2 is 2.21 bits per heavy atom. The summed E-state index contributed by atoms with van der Waals surface area (Å²) >= 11 is 13.1. The van der Waals surface area contributed by atoms with Gasteiger partial charge in [-0.1, -0.05) is 23.2 Å². The van der Waals surface area contributed by atoms with Crippen molar-refractivity contribution in [2.75, 3.05) is 13.2 Å². The van der Waals surface area contributed by atoms with Gasteiger partial charge in [0.05, 0.1) is 40.2 Å². The quantitative estimate of drug-likeness (QED) is 0.448. The van der Waals surface area contributed by atoms with E-state index >= 15 is 0 Å². The predicted molar refractivity (Wildman–Crippen MR) is 121 cm³/mol. The van der Waals surface area contributed by atoms with Crippen molar-refractivity contribution in [1.82, 2.24) is 34.4 Å². The minimum atomic E-state index is -0.134. The lowest BCUT2D eigenvalue weighted by Crippen LogP contribution is -2.38. The number of hydrogen-bond donors (Lipinski definition) is 1.